The molecule has 2 atom stereocenters. The van der Waals surface area contributed by atoms with Gasteiger partial charge in [-0.1, -0.05) is 18.5 Å². The molecule has 0 radical (unpaired) electrons. The molecule has 2 N–H and O–H groups in total. The summed E-state index contributed by atoms with van der Waals surface area (Å²) in [7, 11) is 3.65. The smallest absolute Gasteiger partial charge is 0.236 e. The van der Waals surface area contributed by atoms with Crippen LogP contribution in [0.25, 0.3) is 0 Å². The van der Waals surface area contributed by atoms with E-state index in [0.29, 0.717) is 23.4 Å². The quantitative estimate of drug-likeness (QED) is 0.771. The summed E-state index contributed by atoms with van der Waals surface area (Å²) < 4.78 is 1.71. The van der Waals surface area contributed by atoms with Crippen molar-refractivity contribution in [1.82, 2.24) is 30.0 Å². The minimum Gasteiger partial charge on any atom is -0.354 e. The Morgan fingerprint density at radius 2 is 2.18 bits per heavy atom. The lowest BCUT2D eigenvalue weighted by Gasteiger charge is -2.26. The van der Waals surface area contributed by atoms with Gasteiger partial charge in [0.15, 0.2) is 5.82 Å². The number of aromatic nitrogens is 4. The van der Waals surface area contributed by atoms with Gasteiger partial charge in [0.25, 0.3) is 0 Å². The monoisotopic (exact) mass is 404 g/mol. The largest absolute Gasteiger partial charge is 0.354 e. The highest BCUT2D eigenvalue weighted by molar-refractivity contribution is 6.32. The van der Waals surface area contributed by atoms with Crippen molar-refractivity contribution in [2.24, 2.45) is 18.4 Å². The van der Waals surface area contributed by atoms with Crippen LogP contribution in [0.15, 0.2) is 18.6 Å². The first-order valence-corrected chi connectivity index (χ1v) is 9.71. The Labute approximate surface area is 169 Å². The zero-order chi connectivity index (χ0) is 19.9. The zero-order valence-corrected chi connectivity index (χ0v) is 17.1. The molecule has 1 amide bonds. The third-order valence-electron chi connectivity index (χ3n) is 5.64. The molecule has 150 valence electrons. The van der Waals surface area contributed by atoms with Crippen LogP contribution in [0, 0.1) is 11.3 Å². The van der Waals surface area contributed by atoms with Gasteiger partial charge in [-0.25, -0.2) is 4.98 Å². The lowest BCUT2D eigenvalue weighted by molar-refractivity contribution is -0.129. The molecule has 0 aliphatic carbocycles. The molecule has 9 nitrogen and oxygen atoms in total. The summed E-state index contributed by atoms with van der Waals surface area (Å²) >= 11 is 6.42. The van der Waals surface area contributed by atoms with Crippen molar-refractivity contribution in [1.29, 1.82) is 0 Å². The minimum atomic E-state index is 0.0363. The number of hydrogen-bond acceptors (Lipinski definition) is 7. The van der Waals surface area contributed by atoms with Gasteiger partial charge in [-0.15, -0.1) is 0 Å². The van der Waals surface area contributed by atoms with Gasteiger partial charge >= 0.3 is 0 Å². The van der Waals surface area contributed by atoms with Crippen molar-refractivity contribution < 1.29 is 4.79 Å². The number of likely N-dealkylation sites (N-methyl/N-ethyl adjacent to an activating group) is 1. The van der Waals surface area contributed by atoms with Crippen molar-refractivity contribution in [3.8, 4) is 0 Å². The average molecular weight is 405 g/mol. The summed E-state index contributed by atoms with van der Waals surface area (Å²) in [6, 6.07) is 0. The number of aryl methyl sites for hydroxylation is 1. The van der Waals surface area contributed by atoms with Crippen molar-refractivity contribution in [2.45, 2.75) is 6.92 Å². The van der Waals surface area contributed by atoms with E-state index in [-0.39, 0.29) is 11.3 Å². The van der Waals surface area contributed by atoms with Gasteiger partial charge < -0.3 is 20.4 Å². The second kappa shape index (κ2) is 7.21. The number of carbonyl (C=O) groups is 1. The van der Waals surface area contributed by atoms with Crippen molar-refractivity contribution in [3.05, 3.63) is 23.6 Å². The van der Waals surface area contributed by atoms with E-state index in [0.717, 1.165) is 37.7 Å². The second-order valence-corrected chi connectivity index (χ2v) is 8.34. The Morgan fingerprint density at radius 1 is 1.36 bits per heavy atom. The molecule has 4 heterocycles. The molecule has 0 saturated carbocycles. The maximum absolute atomic E-state index is 12.2. The van der Waals surface area contributed by atoms with Gasteiger partial charge in [0.1, 0.15) is 5.02 Å². The van der Waals surface area contributed by atoms with Crippen LogP contribution in [0.1, 0.15) is 6.92 Å². The summed E-state index contributed by atoms with van der Waals surface area (Å²) in [5.74, 6) is 1.77. The van der Waals surface area contributed by atoms with Crippen LogP contribution < -0.4 is 15.5 Å². The van der Waals surface area contributed by atoms with E-state index < -0.39 is 0 Å². The van der Waals surface area contributed by atoms with Gasteiger partial charge in [0.2, 0.25) is 11.9 Å². The number of likely N-dealkylation sites (tertiary alicyclic amines) is 1. The molecule has 2 saturated heterocycles. The molecule has 2 aliphatic rings. The van der Waals surface area contributed by atoms with E-state index in [1.165, 1.54) is 0 Å². The predicted octanol–water partition coefficient (Wildman–Crippen LogP) is 1.11. The molecule has 0 bridgehead atoms. The van der Waals surface area contributed by atoms with Gasteiger partial charge in [0.05, 0.1) is 24.6 Å². The van der Waals surface area contributed by atoms with E-state index >= 15 is 0 Å². The predicted molar refractivity (Wildman–Crippen MR) is 108 cm³/mol. The summed E-state index contributed by atoms with van der Waals surface area (Å²) in [4.78, 5) is 25.3. The Bertz CT molecular complexity index is 886. The first-order valence-electron chi connectivity index (χ1n) is 9.33. The van der Waals surface area contributed by atoms with Crippen molar-refractivity contribution in [3.63, 3.8) is 0 Å². The number of carbonyl (C=O) groups excluding carboxylic acids is 1. The number of hydrogen-bond donors (Lipinski definition) is 2. The molecular formula is C18H25ClN8O. The lowest BCUT2D eigenvalue weighted by atomic mass is 9.83. The molecule has 10 heteroatoms. The first kappa shape index (κ1) is 18.9. The number of halogens is 1. The maximum atomic E-state index is 12.2. The molecule has 4 rings (SSSR count). The second-order valence-electron chi connectivity index (χ2n) is 7.93. The van der Waals surface area contributed by atoms with Gasteiger partial charge in [-0.3, -0.25) is 9.48 Å². The van der Waals surface area contributed by atoms with Gasteiger partial charge in [-0.2, -0.15) is 10.1 Å². The highest BCUT2D eigenvalue weighted by Crippen LogP contribution is 2.44. The summed E-state index contributed by atoms with van der Waals surface area (Å²) in [6.45, 7) is 5.80. The fourth-order valence-corrected chi connectivity index (χ4v) is 4.42. The van der Waals surface area contributed by atoms with E-state index in [9.17, 15) is 4.79 Å². The molecule has 2 fully saturated rings. The number of nitrogens with zero attached hydrogens (tertiary/aromatic N) is 6. The van der Waals surface area contributed by atoms with E-state index in [1.54, 1.807) is 24.1 Å². The molecule has 2 aromatic rings. The summed E-state index contributed by atoms with van der Waals surface area (Å²) in [6.07, 6.45) is 5.20. The third kappa shape index (κ3) is 3.51. The Hall–Kier alpha value is -2.39. The normalized spacial score (nSPS) is 23.9. The van der Waals surface area contributed by atoms with E-state index in [1.807, 2.05) is 18.1 Å². The Kier molecular flexibility index (Phi) is 4.88. The van der Waals surface area contributed by atoms with Crippen molar-refractivity contribution >= 4 is 35.0 Å². The fourth-order valence-electron chi connectivity index (χ4n) is 4.21. The van der Waals surface area contributed by atoms with E-state index in [2.05, 4.69) is 37.5 Å². The van der Waals surface area contributed by atoms with Crippen LogP contribution in [0.5, 0.6) is 0 Å². The van der Waals surface area contributed by atoms with Gasteiger partial charge in [0, 0.05) is 50.8 Å². The van der Waals surface area contributed by atoms with E-state index in [4.69, 9.17) is 11.6 Å². The third-order valence-corrected chi connectivity index (χ3v) is 5.90. The van der Waals surface area contributed by atoms with Crippen molar-refractivity contribution in [2.75, 3.05) is 50.0 Å². The topological polar surface area (TPSA) is 91.2 Å². The van der Waals surface area contributed by atoms with Gasteiger partial charge in [-0.05, 0) is 7.05 Å². The molecule has 0 aromatic carbocycles. The molecule has 0 spiro atoms. The number of rotatable bonds is 5. The molecule has 0 unspecified atom stereocenters. The lowest BCUT2D eigenvalue weighted by Crippen LogP contribution is -2.39. The maximum Gasteiger partial charge on any atom is 0.236 e. The highest BCUT2D eigenvalue weighted by Gasteiger charge is 2.50. The average Bonchev–Trinajstić information content (AvgIpc) is 3.28. The Morgan fingerprint density at radius 3 is 2.86 bits per heavy atom. The number of nitrogens with one attached hydrogen (secondary N) is 2. The molecular weight excluding hydrogens is 380 g/mol. The summed E-state index contributed by atoms with van der Waals surface area (Å²) in [5, 5.41) is 10.8. The number of amides is 1. The standard InChI is InChI=1S/C18H25ClN8O/c1-18-10-26(15(28)6-20-2)7-12(18)8-27(11-18)16-14(19)5-21-17(24-16)23-13-4-22-25(3)9-13/h4-5,9,12,20H,6-8,10-11H2,1-3H3,(H,21,23,24)/t12-,18+/m0/s1. The van der Waals surface area contributed by atoms with Crippen LogP contribution in [-0.4, -0.2) is 70.3 Å². The Balaban J connectivity index is 1.49. The van der Waals surface area contributed by atoms with Crippen LogP contribution in [0.3, 0.4) is 0 Å². The minimum absolute atomic E-state index is 0.0363. The number of fused-ring (bicyclic) bond motifs is 1. The fraction of sp³-hybridized carbons (Fsp3) is 0.556. The van der Waals surface area contributed by atoms with Crippen LogP contribution in [0.4, 0.5) is 17.5 Å². The van der Waals surface area contributed by atoms with Crippen LogP contribution in [0.2, 0.25) is 5.02 Å². The number of anilines is 3. The highest BCUT2D eigenvalue weighted by atomic mass is 35.5. The molecule has 28 heavy (non-hydrogen) atoms. The SMILES string of the molecule is CNCC(=O)N1C[C@H]2CN(c3nc(Nc4cnn(C)c4)ncc3Cl)C[C@@]2(C)C1. The summed E-state index contributed by atoms with van der Waals surface area (Å²) in [5.41, 5.74) is 0.856. The zero-order valence-electron chi connectivity index (χ0n) is 16.3. The molecule has 2 aromatic heterocycles. The van der Waals surface area contributed by atoms with Crippen LogP contribution in [-0.2, 0) is 11.8 Å². The van der Waals surface area contributed by atoms with Crippen LogP contribution >= 0.6 is 11.6 Å². The first-order chi connectivity index (χ1) is 13.4. The molecule has 2 aliphatic heterocycles.